The summed E-state index contributed by atoms with van der Waals surface area (Å²) < 4.78 is 0. The monoisotopic (exact) mass is 430 g/mol. The summed E-state index contributed by atoms with van der Waals surface area (Å²) in [5.74, 6) is 0.453. The van der Waals surface area contributed by atoms with E-state index in [1.54, 1.807) is 0 Å². The van der Waals surface area contributed by atoms with Crippen molar-refractivity contribution in [3.05, 3.63) is 63.7 Å². The molecular formula is C25H35ClN2O2. The van der Waals surface area contributed by atoms with Crippen LogP contribution in [0.25, 0.3) is 0 Å². The summed E-state index contributed by atoms with van der Waals surface area (Å²) in [5, 5.41) is 21.9. The van der Waals surface area contributed by atoms with Crippen LogP contribution in [0.3, 0.4) is 0 Å². The van der Waals surface area contributed by atoms with Crippen LogP contribution in [-0.4, -0.2) is 52.7 Å². The van der Waals surface area contributed by atoms with Crippen LogP contribution in [0.1, 0.15) is 56.1 Å². The van der Waals surface area contributed by atoms with E-state index in [4.69, 9.17) is 11.6 Å². The van der Waals surface area contributed by atoms with Gasteiger partial charge in [-0.05, 0) is 46.2 Å². The van der Waals surface area contributed by atoms with E-state index in [0.29, 0.717) is 17.3 Å². The molecule has 3 rings (SSSR count). The van der Waals surface area contributed by atoms with Crippen LogP contribution < -0.4 is 0 Å². The molecule has 1 saturated heterocycles. The number of rotatable bonds is 6. The lowest BCUT2D eigenvalue weighted by Crippen LogP contribution is -2.47. The van der Waals surface area contributed by atoms with Crippen LogP contribution in [0.5, 0.6) is 5.75 Å². The van der Waals surface area contributed by atoms with E-state index in [2.05, 4.69) is 49.6 Å². The summed E-state index contributed by atoms with van der Waals surface area (Å²) >= 11 is 5.94. The molecule has 1 aliphatic rings. The molecule has 1 aliphatic heterocycles. The third-order valence-electron chi connectivity index (χ3n) is 5.99. The van der Waals surface area contributed by atoms with Gasteiger partial charge in [-0.15, -0.1) is 0 Å². The number of aryl methyl sites for hydroxylation is 1. The van der Waals surface area contributed by atoms with Crippen molar-refractivity contribution < 1.29 is 10.2 Å². The van der Waals surface area contributed by atoms with E-state index >= 15 is 0 Å². The van der Waals surface area contributed by atoms with Crippen molar-refractivity contribution in [2.24, 2.45) is 0 Å². The molecule has 2 aromatic carbocycles. The Balaban J connectivity index is 1.59. The fourth-order valence-corrected chi connectivity index (χ4v) is 4.24. The second-order valence-electron chi connectivity index (χ2n) is 9.40. The number of β-amino-alcohol motifs (C(OH)–C–C–N with tert-alkyl or cyclic N) is 1. The van der Waals surface area contributed by atoms with Gasteiger partial charge in [0.25, 0.3) is 0 Å². The summed E-state index contributed by atoms with van der Waals surface area (Å²) in [6.45, 7) is 13.9. The van der Waals surface area contributed by atoms with Crippen LogP contribution in [0.2, 0.25) is 5.02 Å². The Bertz CT molecular complexity index is 837. The number of hydrogen-bond acceptors (Lipinski definition) is 4. The Morgan fingerprint density at radius 1 is 1.00 bits per heavy atom. The number of nitrogens with zero attached hydrogens (tertiary/aromatic N) is 2. The third kappa shape index (κ3) is 5.76. The van der Waals surface area contributed by atoms with Gasteiger partial charge in [-0.1, -0.05) is 63.6 Å². The molecule has 1 heterocycles. The predicted octanol–water partition coefficient (Wildman–Crippen LogP) is 4.76. The molecule has 1 atom stereocenters. The summed E-state index contributed by atoms with van der Waals surface area (Å²) in [4.78, 5) is 4.79. The number of aliphatic hydroxyl groups excluding tert-OH is 1. The minimum absolute atomic E-state index is 0.0828. The van der Waals surface area contributed by atoms with Crippen LogP contribution in [-0.2, 0) is 18.4 Å². The van der Waals surface area contributed by atoms with Crippen molar-refractivity contribution in [3.63, 3.8) is 0 Å². The minimum Gasteiger partial charge on any atom is -0.507 e. The maximum atomic E-state index is 10.6. The summed E-state index contributed by atoms with van der Waals surface area (Å²) in [6.07, 6.45) is 0.339. The Morgan fingerprint density at radius 2 is 1.60 bits per heavy atom. The van der Waals surface area contributed by atoms with Crippen LogP contribution in [0.4, 0.5) is 0 Å². The zero-order valence-corrected chi connectivity index (χ0v) is 19.4. The van der Waals surface area contributed by atoms with Crippen LogP contribution in [0, 0.1) is 0 Å². The highest BCUT2D eigenvalue weighted by Gasteiger charge is 2.23. The molecular weight excluding hydrogens is 396 g/mol. The number of hydrogen-bond donors (Lipinski definition) is 2. The largest absolute Gasteiger partial charge is 0.507 e. The minimum atomic E-state index is -0.493. The fourth-order valence-electron chi connectivity index (χ4n) is 4.12. The van der Waals surface area contributed by atoms with E-state index in [0.717, 1.165) is 55.8 Å². The van der Waals surface area contributed by atoms with Crippen molar-refractivity contribution in [1.82, 2.24) is 9.80 Å². The molecule has 0 aliphatic carbocycles. The van der Waals surface area contributed by atoms with E-state index in [-0.39, 0.29) is 5.41 Å². The van der Waals surface area contributed by atoms with Gasteiger partial charge in [0.05, 0.1) is 6.10 Å². The fraction of sp³-hybridized carbons (Fsp3) is 0.520. The highest BCUT2D eigenvalue weighted by Crippen LogP contribution is 2.35. The average molecular weight is 431 g/mol. The van der Waals surface area contributed by atoms with Gasteiger partial charge in [0, 0.05) is 44.3 Å². The maximum Gasteiger partial charge on any atom is 0.122 e. The number of piperazine rings is 1. The predicted molar refractivity (Wildman–Crippen MR) is 124 cm³/mol. The van der Waals surface area contributed by atoms with Crippen molar-refractivity contribution in [2.45, 2.75) is 52.2 Å². The van der Waals surface area contributed by atoms with Gasteiger partial charge in [-0.3, -0.25) is 9.80 Å². The molecule has 0 saturated carbocycles. The second-order valence-corrected chi connectivity index (χ2v) is 9.84. The zero-order valence-electron chi connectivity index (χ0n) is 18.7. The first kappa shape index (κ1) is 23.1. The quantitative estimate of drug-likeness (QED) is 0.693. The zero-order chi connectivity index (χ0) is 21.9. The van der Waals surface area contributed by atoms with Gasteiger partial charge in [0.1, 0.15) is 5.75 Å². The molecule has 2 N–H and O–H groups in total. The van der Waals surface area contributed by atoms with Crippen molar-refractivity contribution >= 4 is 11.6 Å². The lowest BCUT2D eigenvalue weighted by atomic mass is 9.83. The summed E-state index contributed by atoms with van der Waals surface area (Å²) in [6, 6.07) is 11.8. The Hall–Kier alpha value is -1.59. The molecule has 5 heteroatoms. The van der Waals surface area contributed by atoms with Gasteiger partial charge in [0.15, 0.2) is 0 Å². The first-order chi connectivity index (χ1) is 14.2. The number of aromatic hydroxyl groups is 1. The van der Waals surface area contributed by atoms with Crippen molar-refractivity contribution in [1.29, 1.82) is 0 Å². The Morgan fingerprint density at radius 3 is 2.17 bits per heavy atom. The average Bonchev–Trinajstić information content (AvgIpc) is 2.70. The number of halogens is 1. The molecule has 30 heavy (non-hydrogen) atoms. The normalized spacial score (nSPS) is 17.3. The first-order valence-corrected chi connectivity index (χ1v) is 11.3. The molecule has 164 valence electrons. The molecule has 0 bridgehead atoms. The van der Waals surface area contributed by atoms with Crippen LogP contribution in [0.15, 0.2) is 36.4 Å². The smallest absolute Gasteiger partial charge is 0.122 e. The van der Waals surface area contributed by atoms with Gasteiger partial charge in [0.2, 0.25) is 0 Å². The maximum absolute atomic E-state index is 10.6. The highest BCUT2D eigenvalue weighted by atomic mass is 35.5. The van der Waals surface area contributed by atoms with E-state index in [1.807, 2.05) is 24.3 Å². The molecule has 0 spiro atoms. The first-order valence-electron chi connectivity index (χ1n) is 10.9. The number of benzene rings is 2. The molecule has 4 nitrogen and oxygen atoms in total. The van der Waals surface area contributed by atoms with E-state index < -0.39 is 6.10 Å². The SMILES string of the molecule is CCc1cc(CN2CCN(CC(O)c3ccc(Cl)cc3)CC2)cc(C(C)(C)C)c1O. The van der Waals surface area contributed by atoms with Crippen molar-refractivity contribution in [3.8, 4) is 5.75 Å². The van der Waals surface area contributed by atoms with Gasteiger partial charge >= 0.3 is 0 Å². The van der Waals surface area contributed by atoms with Gasteiger partial charge < -0.3 is 10.2 Å². The summed E-state index contributed by atoms with van der Waals surface area (Å²) in [7, 11) is 0. The Labute approximate surface area is 186 Å². The van der Waals surface area contributed by atoms with Crippen molar-refractivity contribution in [2.75, 3.05) is 32.7 Å². The highest BCUT2D eigenvalue weighted by molar-refractivity contribution is 6.30. The van der Waals surface area contributed by atoms with E-state index in [1.165, 1.54) is 5.56 Å². The number of phenolic OH excluding ortho intramolecular Hbond substituents is 1. The van der Waals surface area contributed by atoms with Gasteiger partial charge in [-0.2, -0.15) is 0 Å². The van der Waals surface area contributed by atoms with E-state index in [9.17, 15) is 10.2 Å². The Kier molecular flexibility index (Phi) is 7.46. The second kappa shape index (κ2) is 9.69. The summed E-state index contributed by atoms with van der Waals surface area (Å²) in [5.41, 5.74) is 4.15. The molecule has 1 unspecified atom stereocenters. The molecule has 2 aromatic rings. The third-order valence-corrected chi connectivity index (χ3v) is 6.25. The number of aliphatic hydroxyl groups is 1. The molecule has 1 fully saturated rings. The van der Waals surface area contributed by atoms with Crippen LogP contribution >= 0.6 is 11.6 Å². The lowest BCUT2D eigenvalue weighted by molar-refractivity contribution is 0.0701. The molecule has 0 amide bonds. The molecule has 0 aromatic heterocycles. The topological polar surface area (TPSA) is 46.9 Å². The molecule has 0 radical (unpaired) electrons. The van der Waals surface area contributed by atoms with Gasteiger partial charge in [-0.25, -0.2) is 0 Å². The number of phenols is 1. The standard InChI is InChI=1S/C25H35ClN2O2/c1-5-19-14-18(15-22(24(19)30)25(2,3)4)16-27-10-12-28(13-11-27)17-23(29)20-6-8-21(26)9-7-20/h6-9,14-15,23,29-30H,5,10-13,16-17H2,1-4H3. The lowest BCUT2D eigenvalue weighted by Gasteiger charge is -2.36.